The first-order valence-corrected chi connectivity index (χ1v) is 13.5. The summed E-state index contributed by atoms with van der Waals surface area (Å²) in [7, 11) is 0. The highest BCUT2D eigenvalue weighted by Gasteiger charge is 2.35. The second kappa shape index (κ2) is 10.8. The Labute approximate surface area is 232 Å². The number of aryl methyl sites for hydroxylation is 2. The molecule has 0 aliphatic carbocycles. The van der Waals surface area contributed by atoms with Crippen molar-refractivity contribution in [1.29, 1.82) is 0 Å². The highest BCUT2D eigenvalue weighted by Crippen LogP contribution is 2.33. The van der Waals surface area contributed by atoms with Crippen LogP contribution in [0.25, 0.3) is 10.9 Å². The van der Waals surface area contributed by atoms with Gasteiger partial charge in [0.1, 0.15) is 11.8 Å². The van der Waals surface area contributed by atoms with Gasteiger partial charge in [-0.2, -0.15) is 0 Å². The second-order valence-corrected chi connectivity index (χ2v) is 11.2. The summed E-state index contributed by atoms with van der Waals surface area (Å²) in [6.45, 7) is 11.3. The molecule has 202 valence electrons. The van der Waals surface area contributed by atoms with Crippen LogP contribution in [0.3, 0.4) is 0 Å². The van der Waals surface area contributed by atoms with Crippen molar-refractivity contribution >= 4 is 22.5 Å². The lowest BCUT2D eigenvalue weighted by Crippen LogP contribution is -2.38. The second-order valence-electron chi connectivity index (χ2n) is 10.7. The maximum atomic E-state index is 13.8. The summed E-state index contributed by atoms with van der Waals surface area (Å²) < 4.78 is 7.62. The van der Waals surface area contributed by atoms with Crippen molar-refractivity contribution in [2.45, 2.75) is 65.7 Å². The summed E-state index contributed by atoms with van der Waals surface area (Å²) in [5.74, 6) is 1.36. The van der Waals surface area contributed by atoms with E-state index >= 15 is 0 Å². The highest BCUT2D eigenvalue weighted by atomic mass is 35.5. The lowest BCUT2D eigenvalue weighted by molar-refractivity contribution is 0.168. The van der Waals surface area contributed by atoms with E-state index in [9.17, 15) is 4.79 Å². The Morgan fingerprint density at radius 1 is 1.10 bits per heavy atom. The van der Waals surface area contributed by atoms with Crippen molar-refractivity contribution < 1.29 is 4.42 Å². The van der Waals surface area contributed by atoms with Crippen LogP contribution in [-0.2, 0) is 18.6 Å². The first-order chi connectivity index (χ1) is 18.7. The highest BCUT2D eigenvalue weighted by molar-refractivity contribution is 6.30. The molecule has 1 atom stereocenters. The molecule has 5 aromatic rings. The van der Waals surface area contributed by atoms with E-state index in [-0.39, 0.29) is 11.1 Å². The Hall–Kier alpha value is -3.75. The first-order valence-electron chi connectivity index (χ1n) is 13.1. The number of pyridine rings is 1. The number of aromatic nitrogens is 5. The van der Waals surface area contributed by atoms with Crippen LogP contribution in [0, 0.1) is 13.8 Å². The maximum Gasteiger partial charge on any atom is 0.253 e. The largest absolute Gasteiger partial charge is 0.468 e. The molecule has 8 nitrogen and oxygen atoms in total. The zero-order valence-corrected chi connectivity index (χ0v) is 23.7. The van der Waals surface area contributed by atoms with Gasteiger partial charge >= 0.3 is 0 Å². The number of fused-ring (bicyclic) bond motifs is 1. The van der Waals surface area contributed by atoms with Crippen LogP contribution < -0.4 is 5.56 Å². The number of H-pyrrole nitrogens is 1. The molecule has 0 bridgehead atoms. The summed E-state index contributed by atoms with van der Waals surface area (Å²) >= 11 is 6.19. The van der Waals surface area contributed by atoms with Crippen molar-refractivity contribution in [3.63, 3.8) is 0 Å². The van der Waals surface area contributed by atoms with E-state index in [0.717, 1.165) is 39.8 Å². The van der Waals surface area contributed by atoms with Crippen molar-refractivity contribution in [3.8, 4) is 0 Å². The molecular weight excluding hydrogens is 512 g/mol. The van der Waals surface area contributed by atoms with Crippen LogP contribution >= 0.6 is 11.6 Å². The smallest absolute Gasteiger partial charge is 0.253 e. The molecule has 3 aromatic heterocycles. The Balaban J connectivity index is 1.75. The Morgan fingerprint density at radius 2 is 1.87 bits per heavy atom. The topological polar surface area (TPSA) is 92.8 Å². The number of tetrazole rings is 1. The molecular formula is C30H33ClN6O2. The molecule has 0 radical (unpaired) electrons. The van der Waals surface area contributed by atoms with E-state index < -0.39 is 6.04 Å². The minimum atomic E-state index is -0.569. The van der Waals surface area contributed by atoms with E-state index in [0.29, 0.717) is 29.5 Å². The van der Waals surface area contributed by atoms with E-state index in [1.807, 2.05) is 60.1 Å². The Kier molecular flexibility index (Phi) is 7.42. The lowest BCUT2D eigenvalue weighted by Gasteiger charge is -2.33. The lowest BCUT2D eigenvalue weighted by atomic mass is 9.97. The van der Waals surface area contributed by atoms with Gasteiger partial charge in [-0.3, -0.25) is 9.69 Å². The quantitative estimate of drug-likeness (QED) is 0.233. The number of halogens is 1. The van der Waals surface area contributed by atoms with Gasteiger partial charge in [0.2, 0.25) is 0 Å². The van der Waals surface area contributed by atoms with Gasteiger partial charge in [0, 0.05) is 28.0 Å². The average molecular weight is 545 g/mol. The monoisotopic (exact) mass is 544 g/mol. The fourth-order valence-corrected chi connectivity index (χ4v) is 5.13. The van der Waals surface area contributed by atoms with E-state index in [1.54, 1.807) is 6.26 Å². The number of aromatic amines is 1. The first kappa shape index (κ1) is 26.8. The van der Waals surface area contributed by atoms with E-state index in [4.69, 9.17) is 16.0 Å². The Bertz CT molecular complexity index is 1640. The molecule has 0 fully saturated rings. The van der Waals surface area contributed by atoms with E-state index in [1.165, 1.54) is 0 Å². The third-order valence-corrected chi connectivity index (χ3v) is 7.67. The minimum absolute atomic E-state index is 0.179. The number of hydrogen-bond acceptors (Lipinski definition) is 6. The molecule has 3 heterocycles. The van der Waals surface area contributed by atoms with Crippen LogP contribution in [0.5, 0.6) is 0 Å². The average Bonchev–Trinajstić information content (AvgIpc) is 3.59. The van der Waals surface area contributed by atoms with E-state index in [2.05, 4.69) is 59.2 Å². The van der Waals surface area contributed by atoms with Crippen molar-refractivity contribution in [2.75, 3.05) is 0 Å². The summed E-state index contributed by atoms with van der Waals surface area (Å²) in [4.78, 5) is 19.1. The number of nitrogens with zero attached hydrogens (tertiary/aromatic N) is 5. The molecule has 1 N–H and O–H groups in total. The fourth-order valence-electron chi connectivity index (χ4n) is 5.00. The zero-order chi connectivity index (χ0) is 27.7. The summed E-state index contributed by atoms with van der Waals surface area (Å²) in [6, 6.07) is 17.1. The van der Waals surface area contributed by atoms with Crippen LogP contribution in [0.4, 0.5) is 0 Å². The van der Waals surface area contributed by atoms with Gasteiger partial charge in [-0.1, -0.05) is 36.7 Å². The molecule has 0 saturated carbocycles. The molecule has 0 saturated heterocycles. The van der Waals surface area contributed by atoms with Crippen molar-refractivity contribution in [2.24, 2.45) is 0 Å². The summed E-state index contributed by atoms with van der Waals surface area (Å²) in [6.07, 6.45) is 2.46. The van der Waals surface area contributed by atoms with Crippen LogP contribution in [-0.4, -0.2) is 30.1 Å². The van der Waals surface area contributed by atoms with Crippen LogP contribution in [0.15, 0.2) is 70.1 Å². The molecule has 0 aliphatic rings. The molecule has 0 spiro atoms. The normalized spacial score (nSPS) is 12.9. The van der Waals surface area contributed by atoms with Gasteiger partial charge in [-0.25, -0.2) is 4.68 Å². The molecule has 1 unspecified atom stereocenters. The molecule has 39 heavy (non-hydrogen) atoms. The van der Waals surface area contributed by atoms with Gasteiger partial charge in [0.25, 0.3) is 5.56 Å². The molecule has 0 aliphatic heterocycles. The third-order valence-electron chi connectivity index (χ3n) is 7.42. The standard InChI is InChI=1S/C30H33ClN6O2/c1-6-30(4,5)37-28(33-34-35-37)27(25-16-24-20(3)14-19(2)15-26(24)32-29(25)38)36(18-23-8-7-13-39-23)17-21-9-11-22(31)12-10-21/h7-16,27H,6,17-18H2,1-5H3,(H,32,38). The summed E-state index contributed by atoms with van der Waals surface area (Å²) in [5.41, 5.74) is 4.04. The summed E-state index contributed by atoms with van der Waals surface area (Å²) in [5, 5.41) is 14.7. The molecule has 0 amide bonds. The molecule has 2 aromatic carbocycles. The number of benzene rings is 2. The SMILES string of the molecule is CCC(C)(C)n1nnnc1C(c1cc2c(C)cc(C)cc2[nH]c1=O)N(Cc1ccc(Cl)cc1)Cc1ccco1. The van der Waals surface area contributed by atoms with Gasteiger partial charge in [-0.05, 0) is 97.6 Å². The zero-order valence-electron chi connectivity index (χ0n) is 22.9. The molecule has 9 heteroatoms. The van der Waals surface area contributed by atoms with Crippen LogP contribution in [0.1, 0.15) is 67.1 Å². The molecule has 5 rings (SSSR count). The predicted octanol–water partition coefficient (Wildman–Crippen LogP) is 6.31. The van der Waals surface area contributed by atoms with Crippen molar-refractivity contribution in [1.82, 2.24) is 30.1 Å². The Morgan fingerprint density at radius 3 is 2.56 bits per heavy atom. The van der Waals surface area contributed by atoms with Gasteiger partial charge in [0.15, 0.2) is 5.82 Å². The van der Waals surface area contributed by atoms with Gasteiger partial charge in [0.05, 0.1) is 18.3 Å². The number of hydrogen-bond donors (Lipinski definition) is 1. The van der Waals surface area contributed by atoms with Gasteiger partial charge in [-0.15, -0.1) is 5.10 Å². The fraction of sp³-hybridized carbons (Fsp3) is 0.333. The van der Waals surface area contributed by atoms with Crippen LogP contribution in [0.2, 0.25) is 5.02 Å². The third kappa shape index (κ3) is 5.53. The van der Waals surface area contributed by atoms with Crippen molar-refractivity contribution in [3.05, 3.63) is 110 Å². The number of nitrogens with one attached hydrogen (secondary N) is 1. The van der Waals surface area contributed by atoms with Gasteiger partial charge < -0.3 is 9.40 Å². The predicted molar refractivity (Wildman–Crippen MR) is 153 cm³/mol. The maximum absolute atomic E-state index is 13.8. The number of rotatable bonds is 9. The number of furan rings is 1. The minimum Gasteiger partial charge on any atom is -0.468 e.